The van der Waals surface area contributed by atoms with Crippen LogP contribution in [0.1, 0.15) is 51.3 Å². The lowest BCUT2D eigenvalue weighted by atomic mass is 10.0. The van der Waals surface area contributed by atoms with Crippen LogP contribution in [0.25, 0.3) is 0 Å². The molecule has 6 nitrogen and oxygen atoms in total. The van der Waals surface area contributed by atoms with Crippen LogP contribution in [0.3, 0.4) is 0 Å². The van der Waals surface area contributed by atoms with Gasteiger partial charge in [-0.1, -0.05) is 60.7 Å². The summed E-state index contributed by atoms with van der Waals surface area (Å²) in [6.07, 6.45) is 0. The van der Waals surface area contributed by atoms with Gasteiger partial charge in [0.05, 0.1) is 11.1 Å². The Morgan fingerprint density at radius 3 is 1.76 bits per heavy atom. The third-order valence-corrected chi connectivity index (χ3v) is 5.97. The fourth-order valence-electron chi connectivity index (χ4n) is 3.94. The van der Waals surface area contributed by atoms with E-state index in [2.05, 4.69) is 0 Å². The van der Waals surface area contributed by atoms with E-state index in [1.807, 2.05) is 60.7 Å². The average molecular weight is 531 g/mol. The van der Waals surface area contributed by atoms with E-state index in [1.165, 1.54) is 13.8 Å². The number of benzene rings is 4. The second kappa shape index (κ2) is 12.8. The number of ether oxygens (including phenoxy) is 3. The Balaban J connectivity index is 1.58. The Morgan fingerprint density at radius 1 is 0.632 bits per heavy atom. The standard InChI is InChI=1S/C31H27ClO6/c1-21(33)28-14-13-26(35-18-23-9-5-3-6-10-23)16-29(28)37-20-25-15-27(17-30(38-32)31(25)22(2)34)36-19-24-11-7-4-8-12-24/h3-17H,18-20H2,1-2H3. The van der Waals surface area contributed by atoms with Gasteiger partial charge in [0.2, 0.25) is 0 Å². The summed E-state index contributed by atoms with van der Waals surface area (Å²) in [5, 5.41) is 0. The zero-order valence-corrected chi connectivity index (χ0v) is 21.9. The van der Waals surface area contributed by atoms with E-state index in [4.69, 9.17) is 30.4 Å². The summed E-state index contributed by atoms with van der Waals surface area (Å²) in [6.45, 7) is 3.53. The van der Waals surface area contributed by atoms with E-state index in [9.17, 15) is 9.59 Å². The largest absolute Gasteiger partial charge is 0.489 e. The highest BCUT2D eigenvalue weighted by atomic mass is 35.5. The van der Waals surface area contributed by atoms with Crippen molar-refractivity contribution < 1.29 is 28.1 Å². The molecule has 0 radical (unpaired) electrons. The molecule has 4 rings (SSSR count). The van der Waals surface area contributed by atoms with Crippen LogP contribution in [0.2, 0.25) is 0 Å². The maximum absolute atomic E-state index is 12.5. The van der Waals surface area contributed by atoms with Crippen molar-refractivity contribution in [3.05, 3.63) is 119 Å². The lowest BCUT2D eigenvalue weighted by molar-refractivity contribution is 0.0997. The quantitative estimate of drug-likeness (QED) is 0.178. The third-order valence-electron chi connectivity index (χ3n) is 5.80. The molecule has 194 valence electrons. The van der Waals surface area contributed by atoms with E-state index < -0.39 is 0 Å². The first kappa shape index (κ1) is 26.8. The number of rotatable bonds is 12. The minimum absolute atomic E-state index is 0.0346. The molecule has 0 aliphatic heterocycles. The fraction of sp³-hybridized carbons (Fsp3) is 0.161. The summed E-state index contributed by atoms with van der Waals surface area (Å²) < 4.78 is 22.9. The van der Waals surface area contributed by atoms with Crippen LogP contribution in [0.5, 0.6) is 23.0 Å². The lowest BCUT2D eigenvalue weighted by Gasteiger charge is -2.17. The van der Waals surface area contributed by atoms with Gasteiger partial charge in [-0.05, 0) is 43.2 Å². The molecule has 38 heavy (non-hydrogen) atoms. The molecule has 0 bridgehead atoms. The number of hydrogen-bond acceptors (Lipinski definition) is 6. The van der Waals surface area contributed by atoms with Crippen LogP contribution in [0.15, 0.2) is 91.0 Å². The van der Waals surface area contributed by atoms with Crippen LogP contribution < -0.4 is 18.5 Å². The van der Waals surface area contributed by atoms with E-state index >= 15 is 0 Å². The minimum atomic E-state index is -0.249. The van der Waals surface area contributed by atoms with Gasteiger partial charge in [-0.2, -0.15) is 0 Å². The average Bonchev–Trinajstić information content (AvgIpc) is 2.94. The highest BCUT2D eigenvalue weighted by Crippen LogP contribution is 2.33. The molecule has 0 heterocycles. The monoisotopic (exact) mass is 530 g/mol. The molecule has 0 atom stereocenters. The Hall–Kier alpha value is -4.29. The first-order chi connectivity index (χ1) is 18.4. The van der Waals surface area contributed by atoms with Gasteiger partial charge in [0.15, 0.2) is 17.3 Å². The van der Waals surface area contributed by atoms with Crippen molar-refractivity contribution in [1.29, 1.82) is 0 Å². The number of carbonyl (C=O) groups excluding carboxylic acids is 2. The van der Waals surface area contributed by atoms with Crippen molar-refractivity contribution in [2.75, 3.05) is 0 Å². The van der Waals surface area contributed by atoms with Gasteiger partial charge >= 0.3 is 0 Å². The molecule has 7 heteroatoms. The van der Waals surface area contributed by atoms with Gasteiger partial charge in [0.1, 0.15) is 48.9 Å². The summed E-state index contributed by atoms with van der Waals surface area (Å²) >= 11 is 5.72. The van der Waals surface area contributed by atoms with E-state index in [1.54, 1.807) is 30.3 Å². The van der Waals surface area contributed by atoms with E-state index in [0.717, 1.165) is 11.1 Å². The number of ketones is 2. The molecular weight excluding hydrogens is 504 g/mol. The molecule has 0 amide bonds. The van der Waals surface area contributed by atoms with Crippen molar-refractivity contribution >= 4 is 23.4 Å². The summed E-state index contributed by atoms with van der Waals surface area (Å²) in [7, 11) is 0. The van der Waals surface area contributed by atoms with Gasteiger partial charge in [-0.15, -0.1) is 0 Å². The zero-order valence-electron chi connectivity index (χ0n) is 21.1. The number of carbonyl (C=O) groups is 2. The molecule has 0 saturated heterocycles. The van der Waals surface area contributed by atoms with Crippen LogP contribution in [-0.4, -0.2) is 11.6 Å². The minimum Gasteiger partial charge on any atom is -0.489 e. The molecule has 0 fully saturated rings. The first-order valence-corrected chi connectivity index (χ1v) is 12.3. The predicted molar refractivity (Wildman–Crippen MR) is 145 cm³/mol. The number of Topliss-reactive ketones (excluding diaryl/α,β-unsaturated/α-hetero) is 2. The topological polar surface area (TPSA) is 71.1 Å². The summed E-state index contributed by atoms with van der Waals surface area (Å²) in [5.41, 5.74) is 3.16. The summed E-state index contributed by atoms with van der Waals surface area (Å²) in [5.74, 6) is 1.09. The van der Waals surface area contributed by atoms with Crippen molar-refractivity contribution in [3.63, 3.8) is 0 Å². The smallest absolute Gasteiger partial charge is 0.164 e. The normalized spacial score (nSPS) is 10.5. The highest BCUT2D eigenvalue weighted by molar-refractivity contribution is 6.10. The fourth-order valence-corrected chi connectivity index (χ4v) is 4.06. The van der Waals surface area contributed by atoms with Gasteiger partial charge in [0.25, 0.3) is 0 Å². The molecule has 0 aliphatic rings. The first-order valence-electron chi connectivity index (χ1n) is 12.0. The molecule has 0 N–H and O–H groups in total. The SMILES string of the molecule is CC(=O)c1ccc(OCc2ccccc2)cc1OCc1cc(OCc2ccccc2)cc(OCl)c1C(C)=O. The maximum Gasteiger partial charge on any atom is 0.164 e. The molecule has 4 aromatic rings. The van der Waals surface area contributed by atoms with Crippen molar-refractivity contribution in [2.45, 2.75) is 33.7 Å². The molecule has 0 aromatic heterocycles. The number of hydrogen-bond donors (Lipinski definition) is 0. The van der Waals surface area contributed by atoms with Gasteiger partial charge in [-0.25, -0.2) is 0 Å². The molecule has 4 aromatic carbocycles. The second-order valence-electron chi connectivity index (χ2n) is 8.64. The predicted octanol–water partition coefficient (Wildman–Crippen LogP) is 7.36. The summed E-state index contributed by atoms with van der Waals surface area (Å²) in [6, 6.07) is 27.8. The Labute approximate surface area is 226 Å². The third kappa shape index (κ3) is 6.93. The van der Waals surface area contributed by atoms with Crippen LogP contribution in [0.4, 0.5) is 0 Å². The van der Waals surface area contributed by atoms with E-state index in [0.29, 0.717) is 41.6 Å². The number of halogens is 1. The molecule has 0 aliphatic carbocycles. The van der Waals surface area contributed by atoms with Crippen molar-refractivity contribution in [1.82, 2.24) is 0 Å². The second-order valence-corrected chi connectivity index (χ2v) is 8.79. The Bertz CT molecular complexity index is 1400. The van der Waals surface area contributed by atoms with Crippen LogP contribution >= 0.6 is 11.9 Å². The van der Waals surface area contributed by atoms with Gasteiger partial charge in [0, 0.05) is 17.7 Å². The van der Waals surface area contributed by atoms with Crippen LogP contribution in [0, 0.1) is 0 Å². The molecule has 0 spiro atoms. The molecule has 0 saturated carbocycles. The molecule has 0 unspecified atom stereocenters. The van der Waals surface area contributed by atoms with Crippen molar-refractivity contribution in [3.8, 4) is 23.0 Å². The zero-order chi connectivity index (χ0) is 26.9. The Kier molecular flexibility index (Phi) is 9.01. The lowest BCUT2D eigenvalue weighted by Crippen LogP contribution is -2.08. The highest BCUT2D eigenvalue weighted by Gasteiger charge is 2.19. The van der Waals surface area contributed by atoms with Gasteiger partial charge in [-0.3, -0.25) is 9.59 Å². The van der Waals surface area contributed by atoms with Crippen LogP contribution in [-0.2, 0) is 19.8 Å². The van der Waals surface area contributed by atoms with Gasteiger partial charge < -0.3 is 18.5 Å². The maximum atomic E-state index is 12.5. The van der Waals surface area contributed by atoms with E-state index in [-0.39, 0.29) is 29.5 Å². The van der Waals surface area contributed by atoms with Crippen molar-refractivity contribution in [2.24, 2.45) is 0 Å². The Morgan fingerprint density at radius 2 is 1.21 bits per heavy atom. The molecular formula is C31H27ClO6. The summed E-state index contributed by atoms with van der Waals surface area (Å²) in [4.78, 5) is 24.8.